The summed E-state index contributed by atoms with van der Waals surface area (Å²) in [7, 11) is 1.88. The highest BCUT2D eigenvalue weighted by atomic mass is 14.9. The van der Waals surface area contributed by atoms with Crippen molar-refractivity contribution < 1.29 is 0 Å². The molecule has 0 amide bonds. The molecular formula is C14H16N4. The smallest absolute Gasteiger partial charge is 0.120 e. The molecule has 2 aromatic rings. The Morgan fingerprint density at radius 2 is 2.28 bits per heavy atom. The first-order valence-corrected chi connectivity index (χ1v) is 5.86. The largest absolute Gasteiger partial charge is 0.342 e. The molecule has 0 aromatic carbocycles. The summed E-state index contributed by atoms with van der Waals surface area (Å²) in [6.45, 7) is 3.62. The molecule has 0 saturated heterocycles. The average Bonchev–Trinajstić information content (AvgIpc) is 2.72. The molecular weight excluding hydrogens is 224 g/mol. The molecule has 0 bridgehead atoms. The van der Waals surface area contributed by atoms with Crippen molar-refractivity contribution in [1.82, 2.24) is 14.9 Å². The normalized spacial score (nSPS) is 10.3. The highest BCUT2D eigenvalue weighted by Crippen LogP contribution is 2.07. The summed E-state index contributed by atoms with van der Waals surface area (Å²) >= 11 is 0. The molecule has 4 nitrogen and oxygen atoms in total. The lowest BCUT2D eigenvalue weighted by molar-refractivity contribution is 0.687. The maximum atomic E-state index is 8.87. The van der Waals surface area contributed by atoms with Crippen LogP contribution in [0, 0.1) is 18.3 Å². The summed E-state index contributed by atoms with van der Waals surface area (Å²) in [4.78, 5) is 4.12. The molecule has 0 radical (unpaired) electrons. The fraction of sp³-hybridized carbons (Fsp3) is 0.286. The van der Waals surface area contributed by atoms with Gasteiger partial charge >= 0.3 is 0 Å². The number of nitriles is 1. The molecule has 0 aliphatic rings. The van der Waals surface area contributed by atoms with E-state index in [-0.39, 0.29) is 0 Å². The van der Waals surface area contributed by atoms with Crippen molar-refractivity contribution in [3.05, 3.63) is 53.1 Å². The maximum absolute atomic E-state index is 8.87. The van der Waals surface area contributed by atoms with Crippen LogP contribution in [0.3, 0.4) is 0 Å². The van der Waals surface area contributed by atoms with Crippen LogP contribution in [-0.4, -0.2) is 9.55 Å². The minimum atomic E-state index is 0.685. The van der Waals surface area contributed by atoms with Gasteiger partial charge in [-0.25, -0.2) is 0 Å². The van der Waals surface area contributed by atoms with Crippen molar-refractivity contribution in [3.63, 3.8) is 0 Å². The van der Waals surface area contributed by atoms with Crippen LogP contribution in [0.5, 0.6) is 0 Å². The van der Waals surface area contributed by atoms with Crippen LogP contribution in [0.15, 0.2) is 30.7 Å². The van der Waals surface area contributed by atoms with E-state index in [9.17, 15) is 0 Å². The monoisotopic (exact) mass is 240 g/mol. The Hall–Kier alpha value is -2.12. The quantitative estimate of drug-likeness (QED) is 0.888. The predicted octanol–water partition coefficient (Wildman–Crippen LogP) is 1.89. The molecule has 0 aliphatic carbocycles. The topological polar surface area (TPSA) is 53.6 Å². The molecule has 2 aromatic heterocycles. The molecule has 0 spiro atoms. The zero-order chi connectivity index (χ0) is 13.0. The standard InChI is InChI=1S/C14H16N4/c1-11-3-4-16-8-13(11)9-17-7-12-5-14(6-15)18(2)10-12/h3-5,8,10,17H,7,9H2,1-2H3. The fourth-order valence-electron chi connectivity index (χ4n) is 1.86. The summed E-state index contributed by atoms with van der Waals surface area (Å²) in [6, 6.07) is 6.07. The third kappa shape index (κ3) is 2.76. The summed E-state index contributed by atoms with van der Waals surface area (Å²) in [5.74, 6) is 0. The minimum absolute atomic E-state index is 0.685. The van der Waals surface area contributed by atoms with Crippen molar-refractivity contribution in [2.75, 3.05) is 0 Å². The molecule has 2 rings (SSSR count). The van der Waals surface area contributed by atoms with Gasteiger partial charge in [0.2, 0.25) is 0 Å². The molecule has 1 N–H and O–H groups in total. The summed E-state index contributed by atoms with van der Waals surface area (Å²) < 4.78 is 1.84. The molecule has 4 heteroatoms. The van der Waals surface area contributed by atoms with Crippen LogP contribution in [0.4, 0.5) is 0 Å². The van der Waals surface area contributed by atoms with Gasteiger partial charge in [-0.1, -0.05) is 0 Å². The van der Waals surface area contributed by atoms with E-state index in [1.165, 1.54) is 11.1 Å². The zero-order valence-corrected chi connectivity index (χ0v) is 10.6. The molecule has 0 aliphatic heterocycles. The van der Waals surface area contributed by atoms with Crippen molar-refractivity contribution in [1.29, 1.82) is 5.26 Å². The molecule has 0 atom stereocenters. The Labute approximate surface area is 107 Å². The van der Waals surface area contributed by atoms with Gasteiger partial charge in [-0.3, -0.25) is 4.98 Å². The molecule has 2 heterocycles. The van der Waals surface area contributed by atoms with Gasteiger partial charge in [0.1, 0.15) is 11.8 Å². The number of aryl methyl sites for hydroxylation is 2. The van der Waals surface area contributed by atoms with E-state index in [0.717, 1.165) is 18.7 Å². The lowest BCUT2D eigenvalue weighted by Crippen LogP contribution is -2.13. The number of hydrogen-bond acceptors (Lipinski definition) is 3. The second kappa shape index (κ2) is 5.48. The highest BCUT2D eigenvalue weighted by Gasteiger charge is 2.02. The number of nitrogens with one attached hydrogen (secondary N) is 1. The number of nitrogens with zero attached hydrogens (tertiary/aromatic N) is 3. The Bertz CT molecular complexity index is 578. The second-order valence-electron chi connectivity index (χ2n) is 4.36. The van der Waals surface area contributed by atoms with Crippen LogP contribution in [-0.2, 0) is 20.1 Å². The van der Waals surface area contributed by atoms with E-state index in [2.05, 4.69) is 23.3 Å². The number of hydrogen-bond donors (Lipinski definition) is 1. The molecule has 18 heavy (non-hydrogen) atoms. The first-order valence-electron chi connectivity index (χ1n) is 5.86. The van der Waals surface area contributed by atoms with Crippen LogP contribution in [0.25, 0.3) is 0 Å². The van der Waals surface area contributed by atoms with Crippen molar-refractivity contribution in [2.45, 2.75) is 20.0 Å². The van der Waals surface area contributed by atoms with Crippen LogP contribution < -0.4 is 5.32 Å². The number of rotatable bonds is 4. The fourth-order valence-corrected chi connectivity index (χ4v) is 1.86. The highest BCUT2D eigenvalue weighted by molar-refractivity contribution is 5.28. The lowest BCUT2D eigenvalue weighted by Gasteiger charge is -2.05. The van der Waals surface area contributed by atoms with E-state index in [1.807, 2.05) is 36.1 Å². The molecule has 0 saturated carbocycles. The number of pyridine rings is 1. The third-order valence-corrected chi connectivity index (χ3v) is 2.97. The van der Waals surface area contributed by atoms with Gasteiger partial charge in [0, 0.05) is 38.7 Å². The van der Waals surface area contributed by atoms with Gasteiger partial charge in [-0.15, -0.1) is 0 Å². The second-order valence-corrected chi connectivity index (χ2v) is 4.36. The average molecular weight is 240 g/mol. The molecule has 92 valence electrons. The van der Waals surface area contributed by atoms with Gasteiger partial charge in [0.25, 0.3) is 0 Å². The van der Waals surface area contributed by atoms with E-state index < -0.39 is 0 Å². The summed E-state index contributed by atoms with van der Waals surface area (Å²) in [5, 5.41) is 12.2. The Balaban J connectivity index is 1.93. The first-order chi connectivity index (χ1) is 8.70. The minimum Gasteiger partial charge on any atom is -0.342 e. The summed E-state index contributed by atoms with van der Waals surface area (Å²) in [6.07, 6.45) is 5.66. The molecule has 0 unspecified atom stereocenters. The Morgan fingerprint density at radius 3 is 2.94 bits per heavy atom. The Kier molecular flexibility index (Phi) is 3.75. The van der Waals surface area contributed by atoms with E-state index in [1.54, 1.807) is 6.20 Å². The van der Waals surface area contributed by atoms with E-state index >= 15 is 0 Å². The summed E-state index contributed by atoms with van der Waals surface area (Å²) in [5.41, 5.74) is 4.25. The van der Waals surface area contributed by atoms with Crippen LogP contribution >= 0.6 is 0 Å². The van der Waals surface area contributed by atoms with E-state index in [0.29, 0.717) is 5.69 Å². The maximum Gasteiger partial charge on any atom is 0.120 e. The predicted molar refractivity (Wildman–Crippen MR) is 69.6 cm³/mol. The lowest BCUT2D eigenvalue weighted by atomic mass is 10.1. The third-order valence-electron chi connectivity index (χ3n) is 2.97. The first kappa shape index (κ1) is 12.3. The van der Waals surface area contributed by atoms with Gasteiger partial charge in [-0.05, 0) is 35.7 Å². The van der Waals surface area contributed by atoms with Gasteiger partial charge in [-0.2, -0.15) is 5.26 Å². The SMILES string of the molecule is Cc1ccncc1CNCc1cc(C#N)n(C)c1. The van der Waals surface area contributed by atoms with Crippen molar-refractivity contribution >= 4 is 0 Å². The van der Waals surface area contributed by atoms with E-state index in [4.69, 9.17) is 5.26 Å². The zero-order valence-electron chi connectivity index (χ0n) is 10.6. The van der Waals surface area contributed by atoms with Gasteiger partial charge in [0.15, 0.2) is 0 Å². The molecule has 0 fully saturated rings. The number of aromatic nitrogens is 2. The van der Waals surface area contributed by atoms with Gasteiger partial charge in [0.05, 0.1) is 0 Å². The Morgan fingerprint density at radius 1 is 1.44 bits per heavy atom. The van der Waals surface area contributed by atoms with Crippen molar-refractivity contribution in [3.8, 4) is 6.07 Å². The van der Waals surface area contributed by atoms with Crippen molar-refractivity contribution in [2.24, 2.45) is 7.05 Å². The van der Waals surface area contributed by atoms with Crippen LogP contribution in [0.1, 0.15) is 22.4 Å². The van der Waals surface area contributed by atoms with Crippen LogP contribution in [0.2, 0.25) is 0 Å². The van der Waals surface area contributed by atoms with Gasteiger partial charge < -0.3 is 9.88 Å².